The van der Waals surface area contributed by atoms with E-state index in [0.717, 1.165) is 22.8 Å². The van der Waals surface area contributed by atoms with Gasteiger partial charge >= 0.3 is 0 Å². The molecule has 0 atom stereocenters. The van der Waals surface area contributed by atoms with Gasteiger partial charge in [-0.05, 0) is 34.4 Å². The van der Waals surface area contributed by atoms with Crippen LogP contribution in [0, 0.1) is 0 Å². The third-order valence-electron chi connectivity index (χ3n) is 6.32. The topological polar surface area (TPSA) is 48.8 Å². The number of nitrogens with one attached hydrogen (secondary N) is 2. The van der Waals surface area contributed by atoms with Crippen LogP contribution in [0.25, 0.3) is 0 Å². The quantitative estimate of drug-likeness (QED) is 0.242. The molecule has 1 aliphatic rings. The summed E-state index contributed by atoms with van der Waals surface area (Å²) >= 11 is 0. The van der Waals surface area contributed by atoms with Gasteiger partial charge in [0.2, 0.25) is 0 Å². The Labute approximate surface area is 225 Å². The lowest BCUT2D eigenvalue weighted by atomic mass is 10.0. The first-order chi connectivity index (χ1) is 18.8. The summed E-state index contributed by atoms with van der Waals surface area (Å²) in [5, 5.41) is 7.25. The molecule has 38 heavy (non-hydrogen) atoms. The van der Waals surface area contributed by atoms with Crippen molar-refractivity contribution < 1.29 is 0 Å². The Morgan fingerprint density at radius 2 is 0.711 bits per heavy atom. The summed E-state index contributed by atoms with van der Waals surface area (Å²) in [7, 11) is 0. The van der Waals surface area contributed by atoms with E-state index in [1.54, 1.807) is 0 Å². The highest BCUT2D eigenvalue weighted by Crippen LogP contribution is 2.16. The van der Waals surface area contributed by atoms with Crippen molar-refractivity contribution in [2.45, 2.75) is 26.2 Å². The normalized spacial score (nSPS) is 15.2. The van der Waals surface area contributed by atoms with Crippen molar-refractivity contribution in [2.75, 3.05) is 0 Å². The minimum Gasteiger partial charge on any atom is -0.379 e. The maximum absolute atomic E-state index is 5.02. The molecule has 0 radical (unpaired) electrons. The molecule has 0 heterocycles. The van der Waals surface area contributed by atoms with Crippen LogP contribution in [0.1, 0.15) is 22.3 Å². The maximum Gasteiger partial charge on any atom is 0.0832 e. The number of aliphatic imine (C=N–C) groups is 2. The van der Waals surface area contributed by atoms with Crippen LogP contribution in [0.5, 0.6) is 0 Å². The molecule has 0 unspecified atom stereocenters. The molecular weight excluding hydrogens is 464 g/mol. The van der Waals surface area contributed by atoms with Gasteiger partial charge in [0, 0.05) is 13.1 Å². The van der Waals surface area contributed by atoms with Gasteiger partial charge in [0.25, 0.3) is 0 Å². The van der Waals surface area contributed by atoms with Gasteiger partial charge in [0.1, 0.15) is 0 Å². The second kappa shape index (κ2) is 13.0. The van der Waals surface area contributed by atoms with Crippen molar-refractivity contribution in [3.8, 4) is 0 Å². The molecule has 5 rings (SSSR count). The first-order valence-corrected chi connectivity index (χ1v) is 13.0. The monoisotopic (exact) mass is 496 g/mol. The van der Waals surface area contributed by atoms with Crippen LogP contribution in [0.3, 0.4) is 0 Å². The van der Waals surface area contributed by atoms with Crippen LogP contribution in [-0.4, -0.2) is 11.4 Å². The van der Waals surface area contributed by atoms with E-state index >= 15 is 0 Å². The van der Waals surface area contributed by atoms with Crippen molar-refractivity contribution in [2.24, 2.45) is 9.98 Å². The highest BCUT2D eigenvalue weighted by molar-refractivity contribution is 6.23. The summed E-state index contributed by atoms with van der Waals surface area (Å²) in [6, 6.07) is 41.6. The fraction of sp³-hybridized carbons (Fsp3) is 0.118. The van der Waals surface area contributed by atoms with Crippen molar-refractivity contribution in [1.29, 1.82) is 0 Å². The van der Waals surface area contributed by atoms with Crippen molar-refractivity contribution in [1.82, 2.24) is 10.6 Å². The predicted molar refractivity (Wildman–Crippen MR) is 158 cm³/mol. The molecule has 1 aliphatic carbocycles. The Balaban J connectivity index is 1.45. The van der Waals surface area contributed by atoms with E-state index < -0.39 is 0 Å². The van der Waals surface area contributed by atoms with Crippen LogP contribution in [0.15, 0.2) is 155 Å². The van der Waals surface area contributed by atoms with Gasteiger partial charge < -0.3 is 10.6 Å². The Hall–Kier alpha value is -4.70. The third kappa shape index (κ3) is 7.17. The Morgan fingerprint density at radius 1 is 0.395 bits per heavy atom. The summed E-state index contributed by atoms with van der Waals surface area (Å²) in [5.74, 6) is 0. The molecule has 0 aliphatic heterocycles. The van der Waals surface area contributed by atoms with Gasteiger partial charge in [-0.3, -0.25) is 9.98 Å². The van der Waals surface area contributed by atoms with Crippen LogP contribution in [0.4, 0.5) is 0 Å². The number of allylic oxidation sites excluding steroid dienone is 2. The van der Waals surface area contributed by atoms with E-state index in [-0.39, 0.29) is 0 Å². The van der Waals surface area contributed by atoms with E-state index in [4.69, 9.17) is 9.98 Å². The summed E-state index contributed by atoms with van der Waals surface area (Å²) in [4.78, 5) is 10.0. The van der Waals surface area contributed by atoms with Gasteiger partial charge in [-0.1, -0.05) is 121 Å². The van der Waals surface area contributed by atoms with Gasteiger partial charge in [0.05, 0.1) is 35.9 Å². The SMILES string of the molecule is C1=C(NCc2ccccc2)C(=NCc2ccccc2)C=C(NCc2ccccc2)C1=NCc1ccccc1. The molecule has 0 aromatic heterocycles. The Morgan fingerprint density at radius 3 is 1.05 bits per heavy atom. The number of hydrogen-bond donors (Lipinski definition) is 2. The molecule has 0 saturated heterocycles. The van der Waals surface area contributed by atoms with E-state index in [0.29, 0.717) is 26.2 Å². The summed E-state index contributed by atoms with van der Waals surface area (Å²) in [6.07, 6.45) is 4.26. The molecule has 2 N–H and O–H groups in total. The Kier molecular flexibility index (Phi) is 8.56. The first kappa shape index (κ1) is 25.0. The number of rotatable bonds is 10. The predicted octanol–water partition coefficient (Wildman–Crippen LogP) is 6.63. The number of nitrogens with zero attached hydrogens (tertiary/aromatic N) is 2. The van der Waals surface area contributed by atoms with Gasteiger partial charge in [-0.25, -0.2) is 0 Å². The van der Waals surface area contributed by atoms with Crippen LogP contribution in [0.2, 0.25) is 0 Å². The van der Waals surface area contributed by atoms with Gasteiger partial charge in [-0.15, -0.1) is 0 Å². The molecule has 0 bridgehead atoms. The average Bonchev–Trinajstić information content (AvgIpc) is 2.99. The molecule has 0 spiro atoms. The lowest BCUT2D eigenvalue weighted by Crippen LogP contribution is -2.29. The largest absolute Gasteiger partial charge is 0.379 e. The lowest BCUT2D eigenvalue weighted by Gasteiger charge is -2.21. The van der Waals surface area contributed by atoms with Gasteiger partial charge in [-0.2, -0.15) is 0 Å². The fourth-order valence-electron chi connectivity index (χ4n) is 4.23. The highest BCUT2D eigenvalue weighted by Gasteiger charge is 2.18. The highest BCUT2D eigenvalue weighted by atomic mass is 15.0. The number of benzene rings is 4. The zero-order chi connectivity index (χ0) is 25.8. The molecule has 4 aromatic rings. The second-order valence-corrected chi connectivity index (χ2v) is 9.17. The summed E-state index contributed by atoms with van der Waals surface area (Å²) in [5.41, 5.74) is 8.57. The number of hydrogen-bond acceptors (Lipinski definition) is 4. The molecule has 4 aromatic carbocycles. The van der Waals surface area contributed by atoms with E-state index in [1.807, 2.05) is 24.3 Å². The molecule has 4 nitrogen and oxygen atoms in total. The molecule has 188 valence electrons. The van der Waals surface area contributed by atoms with Gasteiger partial charge in [0.15, 0.2) is 0 Å². The lowest BCUT2D eigenvalue weighted by molar-refractivity contribution is 0.826. The molecular formula is C34H32N4. The van der Waals surface area contributed by atoms with E-state index in [9.17, 15) is 0 Å². The van der Waals surface area contributed by atoms with E-state index in [2.05, 4.69) is 120 Å². The first-order valence-electron chi connectivity index (χ1n) is 13.0. The summed E-state index contributed by atoms with van der Waals surface area (Å²) < 4.78 is 0. The molecule has 0 saturated carbocycles. The molecule has 0 fully saturated rings. The van der Waals surface area contributed by atoms with Crippen molar-refractivity contribution in [3.05, 3.63) is 167 Å². The zero-order valence-electron chi connectivity index (χ0n) is 21.4. The molecule has 4 heteroatoms. The Bertz CT molecular complexity index is 1310. The summed E-state index contributed by atoms with van der Waals surface area (Å²) in [6.45, 7) is 2.65. The second-order valence-electron chi connectivity index (χ2n) is 9.17. The van der Waals surface area contributed by atoms with Crippen LogP contribution >= 0.6 is 0 Å². The minimum absolute atomic E-state index is 0.611. The average molecular weight is 497 g/mol. The standard InChI is InChI=1S/C34H32N4/c1-5-13-27(14-6-1)23-35-31-21-33(37-25-29-17-9-3-10-18-29)34(38-26-30-19-11-4-12-20-30)22-32(31)36-24-28-15-7-2-8-16-28/h1-22,35,38H,23-26H2. The zero-order valence-corrected chi connectivity index (χ0v) is 21.4. The molecule has 0 amide bonds. The van der Waals surface area contributed by atoms with Crippen molar-refractivity contribution >= 4 is 11.4 Å². The fourth-order valence-corrected chi connectivity index (χ4v) is 4.23. The van der Waals surface area contributed by atoms with Crippen molar-refractivity contribution in [3.63, 3.8) is 0 Å². The smallest absolute Gasteiger partial charge is 0.0832 e. The van der Waals surface area contributed by atoms with Crippen LogP contribution < -0.4 is 10.6 Å². The van der Waals surface area contributed by atoms with Crippen LogP contribution in [-0.2, 0) is 26.2 Å². The third-order valence-corrected chi connectivity index (χ3v) is 6.32. The maximum atomic E-state index is 5.02. The minimum atomic E-state index is 0.611. The van der Waals surface area contributed by atoms with E-state index in [1.165, 1.54) is 22.3 Å².